The maximum Gasteiger partial charge on any atom is 0.294 e. The molecule has 2 aliphatic rings. The molecule has 0 unspecified atom stereocenters. The quantitative estimate of drug-likeness (QED) is 0.462. The van der Waals surface area contributed by atoms with E-state index in [2.05, 4.69) is 17.5 Å². The first-order valence-corrected chi connectivity index (χ1v) is 8.09. The standard InChI is InChI=1S/C18H14ClFN2O2/c19-11-8-15-13-2-1-3-14(13)17(10-4-6-12(20)7-5-10)21-18(15)16(9-11)22(23)24/h1-2,4-9,13-14,17,21H,3H2/t13-,14+,17+/m0/s1. The van der Waals surface area contributed by atoms with Crippen molar-refractivity contribution < 1.29 is 9.31 Å². The number of allylic oxidation sites excluding steroid dienone is 2. The smallest absolute Gasteiger partial charge is 0.294 e. The van der Waals surface area contributed by atoms with Gasteiger partial charge in [0.15, 0.2) is 0 Å². The predicted octanol–water partition coefficient (Wildman–Crippen LogP) is 5.21. The topological polar surface area (TPSA) is 55.2 Å². The van der Waals surface area contributed by atoms with Crippen LogP contribution >= 0.6 is 11.6 Å². The van der Waals surface area contributed by atoms with Gasteiger partial charge in [-0.2, -0.15) is 0 Å². The molecular formula is C18H14ClFN2O2. The number of hydrogen-bond acceptors (Lipinski definition) is 3. The van der Waals surface area contributed by atoms with Crippen LogP contribution < -0.4 is 5.32 Å². The third-order valence-electron chi connectivity index (χ3n) is 4.84. The second kappa shape index (κ2) is 5.60. The zero-order valence-corrected chi connectivity index (χ0v) is 13.3. The summed E-state index contributed by atoms with van der Waals surface area (Å²) in [6.07, 6.45) is 5.04. The number of rotatable bonds is 2. The lowest BCUT2D eigenvalue weighted by molar-refractivity contribution is -0.384. The molecule has 0 fully saturated rings. The van der Waals surface area contributed by atoms with Crippen molar-refractivity contribution >= 4 is 23.0 Å². The fourth-order valence-electron chi connectivity index (χ4n) is 3.79. The Morgan fingerprint density at radius 3 is 2.71 bits per heavy atom. The summed E-state index contributed by atoms with van der Waals surface area (Å²) in [4.78, 5) is 11.0. The van der Waals surface area contributed by atoms with Crippen LogP contribution in [0.25, 0.3) is 0 Å². The average molecular weight is 345 g/mol. The molecule has 4 nitrogen and oxygen atoms in total. The van der Waals surface area contributed by atoms with Crippen LogP contribution in [0.3, 0.4) is 0 Å². The number of fused-ring (bicyclic) bond motifs is 3. The Labute approximate surface area is 143 Å². The van der Waals surface area contributed by atoms with Crippen molar-refractivity contribution in [3.8, 4) is 0 Å². The van der Waals surface area contributed by atoms with Crippen LogP contribution in [0.1, 0.15) is 29.5 Å². The molecule has 0 radical (unpaired) electrons. The molecule has 24 heavy (non-hydrogen) atoms. The Bertz CT molecular complexity index is 851. The van der Waals surface area contributed by atoms with E-state index in [4.69, 9.17) is 11.6 Å². The average Bonchev–Trinajstić information content (AvgIpc) is 3.04. The van der Waals surface area contributed by atoms with Crippen LogP contribution in [0.5, 0.6) is 0 Å². The number of anilines is 1. The van der Waals surface area contributed by atoms with E-state index in [0.717, 1.165) is 17.5 Å². The van der Waals surface area contributed by atoms with Crippen molar-refractivity contribution in [3.05, 3.63) is 80.6 Å². The van der Waals surface area contributed by atoms with Crippen molar-refractivity contribution in [3.63, 3.8) is 0 Å². The molecule has 1 aliphatic carbocycles. The molecule has 2 aromatic carbocycles. The molecule has 6 heteroatoms. The molecule has 4 rings (SSSR count). The van der Waals surface area contributed by atoms with Gasteiger partial charge >= 0.3 is 0 Å². The zero-order valence-electron chi connectivity index (χ0n) is 12.6. The molecule has 0 amide bonds. The molecule has 1 heterocycles. The highest BCUT2D eigenvalue weighted by molar-refractivity contribution is 6.31. The zero-order chi connectivity index (χ0) is 16.8. The van der Waals surface area contributed by atoms with E-state index >= 15 is 0 Å². The first-order chi connectivity index (χ1) is 11.5. The van der Waals surface area contributed by atoms with Crippen molar-refractivity contribution in [1.29, 1.82) is 0 Å². The van der Waals surface area contributed by atoms with Crippen molar-refractivity contribution in [2.24, 2.45) is 5.92 Å². The molecule has 0 saturated heterocycles. The fourth-order valence-corrected chi connectivity index (χ4v) is 4.01. The van der Waals surface area contributed by atoms with Crippen molar-refractivity contribution in [1.82, 2.24) is 0 Å². The molecule has 122 valence electrons. The summed E-state index contributed by atoms with van der Waals surface area (Å²) in [7, 11) is 0. The first kappa shape index (κ1) is 15.1. The highest BCUT2D eigenvalue weighted by Gasteiger charge is 2.40. The molecule has 3 atom stereocenters. The minimum absolute atomic E-state index is 0.0247. The van der Waals surface area contributed by atoms with E-state index in [0.29, 0.717) is 10.7 Å². The van der Waals surface area contributed by atoms with Gasteiger partial charge in [-0.05, 0) is 41.7 Å². The van der Waals surface area contributed by atoms with Gasteiger partial charge in [0, 0.05) is 17.0 Å². The third kappa shape index (κ3) is 2.36. The number of hydrogen-bond donors (Lipinski definition) is 1. The van der Waals surface area contributed by atoms with Gasteiger partial charge in [0.1, 0.15) is 11.5 Å². The summed E-state index contributed by atoms with van der Waals surface area (Å²) in [6.45, 7) is 0. The number of nitro groups is 1. The van der Waals surface area contributed by atoms with E-state index in [1.54, 1.807) is 18.2 Å². The number of nitrogens with one attached hydrogen (secondary N) is 1. The number of halogens is 2. The van der Waals surface area contributed by atoms with E-state index in [1.807, 2.05) is 0 Å². The Morgan fingerprint density at radius 2 is 2.00 bits per heavy atom. The van der Waals surface area contributed by atoms with E-state index in [9.17, 15) is 14.5 Å². The van der Waals surface area contributed by atoms with Gasteiger partial charge in [0.05, 0.1) is 11.0 Å². The van der Waals surface area contributed by atoms with Crippen LogP contribution in [0.4, 0.5) is 15.8 Å². The minimum Gasteiger partial charge on any atom is -0.372 e. The molecule has 1 N–H and O–H groups in total. The molecule has 1 aliphatic heterocycles. The highest BCUT2D eigenvalue weighted by atomic mass is 35.5. The van der Waals surface area contributed by atoms with E-state index < -0.39 is 4.92 Å². The Kier molecular flexibility index (Phi) is 3.53. The first-order valence-electron chi connectivity index (χ1n) is 7.71. The fraction of sp³-hybridized carbons (Fsp3) is 0.222. The van der Waals surface area contributed by atoms with E-state index in [1.165, 1.54) is 18.2 Å². The van der Waals surface area contributed by atoms with Gasteiger partial charge in [-0.1, -0.05) is 35.9 Å². The number of nitro benzene ring substituents is 1. The summed E-state index contributed by atoms with van der Waals surface area (Å²) in [5, 5.41) is 15.1. The van der Waals surface area contributed by atoms with Crippen LogP contribution in [-0.4, -0.2) is 4.92 Å². The van der Waals surface area contributed by atoms with Gasteiger partial charge in [-0.25, -0.2) is 4.39 Å². The summed E-state index contributed by atoms with van der Waals surface area (Å²) < 4.78 is 13.2. The highest BCUT2D eigenvalue weighted by Crippen LogP contribution is 2.52. The Balaban J connectivity index is 1.86. The Hall–Kier alpha value is -2.40. The van der Waals surface area contributed by atoms with Crippen LogP contribution in [0, 0.1) is 21.8 Å². The van der Waals surface area contributed by atoms with Crippen LogP contribution in [0.15, 0.2) is 48.6 Å². The molecular weight excluding hydrogens is 331 g/mol. The summed E-state index contributed by atoms with van der Waals surface area (Å²) >= 11 is 6.09. The lowest BCUT2D eigenvalue weighted by Gasteiger charge is -2.37. The summed E-state index contributed by atoms with van der Waals surface area (Å²) in [5.41, 5.74) is 2.26. The van der Waals surface area contributed by atoms with Crippen LogP contribution in [-0.2, 0) is 0 Å². The predicted molar refractivity (Wildman–Crippen MR) is 90.9 cm³/mol. The lowest BCUT2D eigenvalue weighted by Crippen LogP contribution is -2.29. The second-order valence-corrected chi connectivity index (χ2v) is 6.61. The normalized spacial score (nSPS) is 24.2. The SMILES string of the molecule is O=[N+]([O-])c1cc(Cl)cc2c1N[C@H](c1ccc(F)cc1)[C@@H]1CC=C[C@H]21. The second-order valence-electron chi connectivity index (χ2n) is 6.17. The maximum atomic E-state index is 13.2. The molecule has 0 aromatic heterocycles. The third-order valence-corrected chi connectivity index (χ3v) is 5.06. The molecule has 2 aromatic rings. The number of benzene rings is 2. The molecule has 0 saturated carbocycles. The Morgan fingerprint density at radius 1 is 1.25 bits per heavy atom. The van der Waals surface area contributed by atoms with Gasteiger partial charge in [-0.15, -0.1) is 0 Å². The van der Waals surface area contributed by atoms with Gasteiger partial charge in [0.25, 0.3) is 5.69 Å². The van der Waals surface area contributed by atoms with Gasteiger partial charge in [0.2, 0.25) is 0 Å². The largest absolute Gasteiger partial charge is 0.372 e. The van der Waals surface area contributed by atoms with E-state index in [-0.39, 0.29) is 29.4 Å². The molecule has 0 spiro atoms. The monoisotopic (exact) mass is 344 g/mol. The van der Waals surface area contributed by atoms with Crippen molar-refractivity contribution in [2.45, 2.75) is 18.4 Å². The number of nitrogens with zero attached hydrogens (tertiary/aromatic N) is 1. The minimum atomic E-state index is -0.418. The summed E-state index contributed by atoms with van der Waals surface area (Å²) in [5.74, 6) is -0.0106. The maximum absolute atomic E-state index is 13.2. The van der Waals surface area contributed by atoms with Crippen LogP contribution in [0.2, 0.25) is 5.02 Å². The van der Waals surface area contributed by atoms with Gasteiger partial charge < -0.3 is 5.32 Å². The summed E-state index contributed by atoms with van der Waals surface area (Å²) in [6, 6.07) is 9.35. The van der Waals surface area contributed by atoms with Crippen molar-refractivity contribution in [2.75, 3.05) is 5.32 Å². The lowest BCUT2D eigenvalue weighted by atomic mass is 9.77. The molecule has 0 bridgehead atoms. The van der Waals surface area contributed by atoms with Gasteiger partial charge in [-0.3, -0.25) is 10.1 Å².